The molecule has 0 atom stereocenters. The number of hydrogen-bond acceptors (Lipinski definition) is 4. The summed E-state index contributed by atoms with van der Waals surface area (Å²) in [5.74, 6) is 0.711. The Balaban J connectivity index is 0.00000132. The van der Waals surface area contributed by atoms with Crippen LogP contribution >= 0.6 is 0 Å². The number of benzene rings is 2. The van der Waals surface area contributed by atoms with Gasteiger partial charge in [-0.1, -0.05) is 18.2 Å². The molecule has 0 saturated carbocycles. The molecule has 3 rings (SSSR count). The van der Waals surface area contributed by atoms with Crippen molar-refractivity contribution in [3.05, 3.63) is 53.1 Å². The molecular weight excluding hydrogens is 266 g/mol. The van der Waals surface area contributed by atoms with Crippen molar-refractivity contribution in [2.45, 2.75) is 13.1 Å². The van der Waals surface area contributed by atoms with E-state index in [1.165, 1.54) is 0 Å². The van der Waals surface area contributed by atoms with Gasteiger partial charge in [0.15, 0.2) is 0 Å². The highest BCUT2D eigenvalue weighted by Crippen LogP contribution is 2.26. The molecule has 0 saturated heterocycles. The van der Waals surface area contributed by atoms with E-state index in [1.54, 1.807) is 13.2 Å². The van der Waals surface area contributed by atoms with Crippen LogP contribution < -0.4 is 21.1 Å². The van der Waals surface area contributed by atoms with Crippen molar-refractivity contribution >= 4 is 17.3 Å². The van der Waals surface area contributed by atoms with E-state index in [0.29, 0.717) is 18.8 Å². The molecule has 0 unspecified atom stereocenters. The molecule has 5 heteroatoms. The zero-order chi connectivity index (χ0) is 14.8. The summed E-state index contributed by atoms with van der Waals surface area (Å²) < 4.78 is 5.13. The lowest BCUT2D eigenvalue weighted by atomic mass is 10.0. The number of fused-ring (bicyclic) bond motifs is 1. The fourth-order valence-corrected chi connectivity index (χ4v) is 2.52. The summed E-state index contributed by atoms with van der Waals surface area (Å²) in [6.07, 6.45) is 0. The number of ether oxygens (including phenoxy) is 1. The van der Waals surface area contributed by atoms with Crippen LogP contribution in [0, 0.1) is 0 Å². The molecule has 0 radical (unpaired) electrons. The van der Waals surface area contributed by atoms with E-state index in [0.717, 1.165) is 28.1 Å². The van der Waals surface area contributed by atoms with Gasteiger partial charge in [-0.2, -0.15) is 0 Å². The van der Waals surface area contributed by atoms with E-state index in [4.69, 9.17) is 10.5 Å². The third-order valence-corrected chi connectivity index (χ3v) is 3.63. The molecule has 0 spiro atoms. The largest absolute Gasteiger partial charge is 0.497 e. The minimum Gasteiger partial charge on any atom is -0.497 e. The predicted molar refractivity (Wildman–Crippen MR) is 86.6 cm³/mol. The lowest BCUT2D eigenvalue weighted by molar-refractivity contribution is 0.0965. The molecule has 1 aliphatic heterocycles. The minimum atomic E-state index is -0.00916. The quantitative estimate of drug-likeness (QED) is 0.756. The Kier molecular flexibility index (Phi) is 3.39. The molecule has 0 aromatic heterocycles. The first-order valence-corrected chi connectivity index (χ1v) is 6.75. The molecule has 0 fully saturated rings. The number of methoxy groups -OCH3 is 1. The fourth-order valence-electron chi connectivity index (χ4n) is 2.52. The van der Waals surface area contributed by atoms with Crippen molar-refractivity contribution < 1.29 is 12.4 Å². The van der Waals surface area contributed by atoms with Crippen LogP contribution in [-0.2, 0) is 13.1 Å². The highest BCUT2D eigenvalue weighted by atomic mass is 16.5. The topological polar surface area (TPSA) is 76.4 Å². The third kappa shape index (κ3) is 2.50. The molecule has 2 aromatic rings. The maximum Gasteiger partial charge on any atom is 0.252 e. The summed E-state index contributed by atoms with van der Waals surface area (Å²) in [6, 6.07) is 11.4. The molecule has 0 aliphatic carbocycles. The van der Waals surface area contributed by atoms with Gasteiger partial charge in [-0.25, -0.2) is 0 Å². The van der Waals surface area contributed by atoms with Gasteiger partial charge in [0.1, 0.15) is 5.75 Å². The van der Waals surface area contributed by atoms with Gasteiger partial charge in [0.2, 0.25) is 0 Å². The Morgan fingerprint density at radius 3 is 3.00 bits per heavy atom. The number of anilines is 2. The Morgan fingerprint density at radius 2 is 2.24 bits per heavy atom. The summed E-state index contributed by atoms with van der Waals surface area (Å²) in [7, 11) is 1.60. The summed E-state index contributed by atoms with van der Waals surface area (Å²) in [4.78, 5) is 11.9. The number of amides is 1. The van der Waals surface area contributed by atoms with Crippen LogP contribution in [-0.4, -0.2) is 13.0 Å². The van der Waals surface area contributed by atoms with Crippen molar-refractivity contribution in [1.29, 1.82) is 0 Å². The number of nitrogens with one attached hydrogen (secondary N) is 2. The van der Waals surface area contributed by atoms with Crippen molar-refractivity contribution in [3.8, 4) is 5.75 Å². The molecule has 1 aliphatic rings. The Morgan fingerprint density at radius 1 is 1.38 bits per heavy atom. The van der Waals surface area contributed by atoms with E-state index < -0.39 is 0 Å². The van der Waals surface area contributed by atoms with Crippen molar-refractivity contribution in [3.63, 3.8) is 0 Å². The molecule has 0 bridgehead atoms. The van der Waals surface area contributed by atoms with Crippen LogP contribution in [0.5, 0.6) is 5.75 Å². The highest BCUT2D eigenvalue weighted by Gasteiger charge is 2.21. The summed E-state index contributed by atoms with van der Waals surface area (Å²) in [5, 5.41) is 6.11. The average Bonchev–Trinajstić information content (AvgIpc) is 2.88. The number of hydrogen-bond donors (Lipinski definition) is 3. The Labute approximate surface area is 126 Å². The molecule has 5 nitrogen and oxygen atoms in total. The van der Waals surface area contributed by atoms with Gasteiger partial charge in [0, 0.05) is 27.6 Å². The molecule has 4 N–H and O–H groups in total. The lowest BCUT2D eigenvalue weighted by Gasteiger charge is -2.12. The first kappa shape index (κ1) is 13.3. The number of nitrogens with two attached hydrogens (primary N) is 1. The standard InChI is InChI=1S/C16H17N3O2.2H2/c1-21-12-5-6-14(13(17)7-12)18-8-10-3-2-4-11-9-19-16(20)15(10)11;;/h2-7,18H,8-9,17H2,1H3,(H,19,20);2*1H. The zero-order valence-electron chi connectivity index (χ0n) is 11.8. The van der Waals surface area contributed by atoms with Crippen LogP contribution in [0.2, 0.25) is 0 Å². The van der Waals surface area contributed by atoms with Crippen molar-refractivity contribution in [2.24, 2.45) is 0 Å². The van der Waals surface area contributed by atoms with Gasteiger partial charge in [-0.05, 0) is 23.3 Å². The molecule has 112 valence electrons. The van der Waals surface area contributed by atoms with Gasteiger partial charge < -0.3 is 21.1 Å². The maximum absolute atomic E-state index is 11.9. The van der Waals surface area contributed by atoms with E-state index in [-0.39, 0.29) is 8.76 Å². The summed E-state index contributed by atoms with van der Waals surface area (Å²) in [5.41, 5.74) is 10.2. The first-order chi connectivity index (χ1) is 10.2. The van der Waals surface area contributed by atoms with E-state index >= 15 is 0 Å². The van der Waals surface area contributed by atoms with E-state index in [9.17, 15) is 4.79 Å². The molecule has 1 heterocycles. The minimum absolute atomic E-state index is 0. The maximum atomic E-state index is 11.9. The zero-order valence-corrected chi connectivity index (χ0v) is 11.8. The van der Waals surface area contributed by atoms with Gasteiger partial charge in [-0.15, -0.1) is 0 Å². The fraction of sp³-hybridized carbons (Fsp3) is 0.188. The van der Waals surface area contributed by atoms with Gasteiger partial charge in [-0.3, -0.25) is 4.79 Å². The van der Waals surface area contributed by atoms with Crippen LogP contribution in [0.4, 0.5) is 11.4 Å². The normalized spacial score (nSPS) is 12.7. The Bertz CT molecular complexity index is 708. The molecule has 2 aromatic carbocycles. The lowest BCUT2D eigenvalue weighted by Crippen LogP contribution is -2.14. The van der Waals surface area contributed by atoms with Gasteiger partial charge in [0.05, 0.1) is 18.5 Å². The second kappa shape index (κ2) is 5.36. The number of nitrogen functional groups attached to an aromatic ring is 1. The summed E-state index contributed by atoms with van der Waals surface area (Å²) in [6.45, 7) is 1.15. The molecule has 21 heavy (non-hydrogen) atoms. The van der Waals surface area contributed by atoms with Crippen molar-refractivity contribution in [2.75, 3.05) is 18.2 Å². The highest BCUT2D eigenvalue weighted by molar-refractivity contribution is 5.99. The van der Waals surface area contributed by atoms with Crippen LogP contribution in [0.15, 0.2) is 36.4 Å². The second-order valence-electron chi connectivity index (χ2n) is 4.94. The predicted octanol–water partition coefficient (Wildman–Crippen LogP) is 2.62. The monoisotopic (exact) mass is 287 g/mol. The van der Waals surface area contributed by atoms with Crippen LogP contribution in [0.25, 0.3) is 0 Å². The number of rotatable bonds is 4. The molecular formula is C16H21N3O2. The van der Waals surface area contributed by atoms with E-state index in [2.05, 4.69) is 10.6 Å². The first-order valence-electron chi connectivity index (χ1n) is 6.75. The van der Waals surface area contributed by atoms with Gasteiger partial charge in [0.25, 0.3) is 5.91 Å². The summed E-state index contributed by atoms with van der Waals surface area (Å²) >= 11 is 0. The number of carbonyl (C=O) groups is 1. The van der Waals surface area contributed by atoms with E-state index in [1.807, 2.05) is 30.3 Å². The third-order valence-electron chi connectivity index (χ3n) is 3.63. The molecule has 1 amide bonds. The van der Waals surface area contributed by atoms with Crippen molar-refractivity contribution in [1.82, 2.24) is 5.32 Å². The van der Waals surface area contributed by atoms with Gasteiger partial charge >= 0.3 is 0 Å². The average molecular weight is 287 g/mol. The number of carbonyl (C=O) groups excluding carboxylic acids is 1. The second-order valence-corrected chi connectivity index (χ2v) is 4.94. The van der Waals surface area contributed by atoms with Crippen LogP contribution in [0.3, 0.4) is 0 Å². The smallest absolute Gasteiger partial charge is 0.252 e. The Hall–Kier alpha value is -2.69. The van der Waals surface area contributed by atoms with Crippen LogP contribution in [0.1, 0.15) is 24.3 Å². The SMILES string of the molecule is COc1ccc(NCc2cccc3c2C(=O)NC3)c(N)c1.[HH].[HH].